The lowest BCUT2D eigenvalue weighted by Gasteiger charge is -2.41. The van der Waals surface area contributed by atoms with Gasteiger partial charge in [0.15, 0.2) is 11.5 Å². The number of fused-ring (bicyclic) bond motifs is 3. The van der Waals surface area contributed by atoms with Crippen LogP contribution in [0.4, 0.5) is 4.79 Å². The molecule has 1 aliphatic heterocycles. The Morgan fingerprint density at radius 2 is 1.67 bits per heavy atom. The van der Waals surface area contributed by atoms with Crippen molar-refractivity contribution in [3.63, 3.8) is 0 Å². The average Bonchev–Trinajstić information content (AvgIpc) is 3.82. The first-order valence-electron chi connectivity index (χ1n) is 21.5. The van der Waals surface area contributed by atoms with Gasteiger partial charge in [-0.15, -0.1) is 5.10 Å². The molecule has 3 heterocycles. The summed E-state index contributed by atoms with van der Waals surface area (Å²) in [6.45, 7) is 16.6. The highest BCUT2D eigenvalue weighted by Crippen LogP contribution is 2.34. The van der Waals surface area contributed by atoms with Crippen LogP contribution in [0.25, 0.3) is 10.9 Å². The lowest BCUT2D eigenvalue weighted by atomic mass is 9.93. The fraction of sp³-hybridized carbons (Fsp3) is 0.565. The van der Waals surface area contributed by atoms with Gasteiger partial charge >= 0.3 is 12.1 Å². The lowest BCUT2D eigenvalue weighted by Crippen LogP contribution is -2.62. The maximum Gasteiger partial charge on any atom is 0.408 e. The van der Waals surface area contributed by atoms with Crippen LogP contribution < -0.4 is 24.8 Å². The molecule has 0 radical (unpaired) electrons. The highest BCUT2D eigenvalue weighted by atomic mass is 16.6. The van der Waals surface area contributed by atoms with E-state index in [-0.39, 0.29) is 38.0 Å². The predicted molar refractivity (Wildman–Crippen MR) is 237 cm³/mol. The van der Waals surface area contributed by atoms with Crippen molar-refractivity contribution in [1.82, 2.24) is 40.0 Å². The smallest absolute Gasteiger partial charge is 0.408 e. The van der Waals surface area contributed by atoms with Gasteiger partial charge < -0.3 is 48.7 Å². The monoisotopic (exact) mass is 874 g/mol. The molecule has 3 amide bonds. The molecule has 63 heavy (non-hydrogen) atoms. The number of nitrogens with one attached hydrogen (secondary N) is 2. The minimum atomic E-state index is -1.42. The third kappa shape index (κ3) is 12.0. The number of alkyl carbamates (subject to hydrolysis) is 1. The zero-order valence-electron chi connectivity index (χ0n) is 39.0. The van der Waals surface area contributed by atoms with Crippen molar-refractivity contribution >= 4 is 34.8 Å². The zero-order valence-corrected chi connectivity index (χ0v) is 39.0. The Hall–Kier alpha value is -5.84. The second kappa shape index (κ2) is 20.6. The second-order valence-corrected chi connectivity index (χ2v) is 17.8. The van der Waals surface area contributed by atoms with E-state index in [0.717, 1.165) is 36.2 Å². The van der Waals surface area contributed by atoms with Crippen molar-refractivity contribution < 1.29 is 42.9 Å². The van der Waals surface area contributed by atoms with Crippen LogP contribution in [0.2, 0.25) is 0 Å². The van der Waals surface area contributed by atoms with Crippen molar-refractivity contribution in [2.24, 2.45) is 5.92 Å². The Balaban J connectivity index is 1.24. The Morgan fingerprint density at radius 3 is 2.33 bits per heavy atom. The van der Waals surface area contributed by atoms with E-state index in [0.29, 0.717) is 35.7 Å². The van der Waals surface area contributed by atoms with Gasteiger partial charge in [0.25, 0.3) is 0 Å². The van der Waals surface area contributed by atoms with Crippen LogP contribution in [0.3, 0.4) is 0 Å². The molecule has 2 aromatic carbocycles. The minimum Gasteiger partial charge on any atom is -0.497 e. The van der Waals surface area contributed by atoms with E-state index in [1.165, 1.54) is 30.4 Å². The van der Waals surface area contributed by atoms with E-state index in [1.54, 1.807) is 70.8 Å². The molecule has 0 aliphatic carbocycles. The van der Waals surface area contributed by atoms with Gasteiger partial charge in [0.1, 0.15) is 35.2 Å². The summed E-state index contributed by atoms with van der Waals surface area (Å²) in [6.07, 6.45) is 2.59. The van der Waals surface area contributed by atoms with Gasteiger partial charge in [-0.2, -0.15) is 0 Å². The molecule has 0 saturated heterocycles. The minimum absolute atomic E-state index is 0.0130. The molecule has 1 aliphatic rings. The van der Waals surface area contributed by atoms with Crippen LogP contribution in [-0.2, 0) is 63.1 Å². The maximum atomic E-state index is 14.7. The third-order valence-corrected chi connectivity index (χ3v) is 11.4. The number of esters is 1. The molecule has 0 unspecified atom stereocenters. The fourth-order valence-corrected chi connectivity index (χ4v) is 7.72. The van der Waals surface area contributed by atoms with E-state index in [9.17, 15) is 19.2 Å². The number of rotatable bonds is 19. The van der Waals surface area contributed by atoms with Gasteiger partial charge in [0.05, 0.1) is 40.5 Å². The molecule has 2 aromatic heterocycles. The number of aryl methyl sites for hydroxylation is 1. The van der Waals surface area contributed by atoms with E-state index < -0.39 is 41.1 Å². The number of benzene rings is 2. The summed E-state index contributed by atoms with van der Waals surface area (Å²) in [5.41, 5.74) is 2.50. The number of hydrogen-bond acceptors (Lipinski definition) is 12. The van der Waals surface area contributed by atoms with Crippen LogP contribution in [0.15, 0.2) is 42.6 Å². The van der Waals surface area contributed by atoms with Gasteiger partial charge in [-0.1, -0.05) is 31.5 Å². The summed E-state index contributed by atoms with van der Waals surface area (Å²) < 4.78 is 31.4. The first kappa shape index (κ1) is 48.2. The molecule has 3 atom stereocenters. The van der Waals surface area contributed by atoms with E-state index >= 15 is 0 Å². The Bertz CT molecular complexity index is 2240. The highest BCUT2D eigenvalue weighted by Gasteiger charge is 2.43. The molecule has 0 spiro atoms. The van der Waals surface area contributed by atoms with Crippen LogP contribution >= 0.6 is 0 Å². The van der Waals surface area contributed by atoms with Crippen molar-refractivity contribution in [2.45, 2.75) is 131 Å². The molecule has 17 heteroatoms. The quantitative estimate of drug-likeness (QED) is 0.111. The van der Waals surface area contributed by atoms with Crippen molar-refractivity contribution in [3.05, 3.63) is 65.1 Å². The van der Waals surface area contributed by atoms with Crippen molar-refractivity contribution in [1.29, 1.82) is 0 Å². The SMILES string of the molecule is CC[C@H](C)[C@H](NC(=O)OC(C)(C)C)C(=O)N(Cc1ccc(OC)c(OC)c1)C(C)(C)C(=O)N[C@H](C)Cn1cc(COC(=O)CCn2c3c(c4cc(OC)ccc42)CN(C)CC3)nn1. The van der Waals surface area contributed by atoms with E-state index in [2.05, 4.69) is 43.5 Å². The molecule has 4 aromatic rings. The number of nitrogens with zero attached hydrogens (tertiary/aromatic N) is 6. The molecular formula is C46H66N8O9. The normalized spacial score (nSPS) is 14.5. The van der Waals surface area contributed by atoms with Crippen LogP contribution in [0, 0.1) is 5.92 Å². The number of carbonyl (C=O) groups excluding carboxylic acids is 4. The molecule has 0 bridgehead atoms. The Kier molecular flexibility index (Phi) is 15.7. The standard InChI is InChI=1S/C46H66N8O9/c1-13-29(2)41(48-44(58)63-45(4,5)6)42(56)54(25-31-14-17-38(60-11)39(22-31)61-12)46(7,8)43(57)47-30(3)24-52-26-32(49-50-52)28-62-40(55)19-21-53-36-16-15-33(59-10)23-34(36)35-27-51(9)20-18-37(35)53/h14-17,22-23,26,29-30,41H,13,18-21,24-25,27-28H2,1-12H3,(H,47,57)(H,48,58)/t29-,30+,41-/m0/s1. The topological polar surface area (TPSA) is 181 Å². The van der Waals surface area contributed by atoms with Crippen LogP contribution in [-0.4, -0.2) is 111 Å². The maximum absolute atomic E-state index is 14.7. The van der Waals surface area contributed by atoms with Gasteiger partial charge in [0.2, 0.25) is 11.8 Å². The number of ether oxygens (including phenoxy) is 5. The largest absolute Gasteiger partial charge is 0.497 e. The summed E-state index contributed by atoms with van der Waals surface area (Å²) in [4.78, 5) is 58.7. The number of methoxy groups -OCH3 is 3. The average molecular weight is 875 g/mol. The van der Waals surface area contributed by atoms with Crippen molar-refractivity contribution in [2.75, 3.05) is 34.9 Å². The zero-order chi connectivity index (χ0) is 46.2. The van der Waals surface area contributed by atoms with Gasteiger partial charge in [0, 0.05) is 55.2 Å². The second-order valence-electron chi connectivity index (χ2n) is 17.8. The lowest BCUT2D eigenvalue weighted by molar-refractivity contribution is -0.149. The van der Waals surface area contributed by atoms with Gasteiger partial charge in [-0.05, 0) is 96.0 Å². The summed E-state index contributed by atoms with van der Waals surface area (Å²) in [5.74, 6) is 0.237. The molecule has 344 valence electrons. The van der Waals surface area contributed by atoms with E-state index in [4.69, 9.17) is 23.7 Å². The number of carbonyl (C=O) groups is 4. The fourth-order valence-electron chi connectivity index (χ4n) is 7.72. The van der Waals surface area contributed by atoms with Gasteiger partial charge in [-0.3, -0.25) is 19.1 Å². The molecule has 2 N–H and O–H groups in total. The number of hydrogen-bond donors (Lipinski definition) is 2. The summed E-state index contributed by atoms with van der Waals surface area (Å²) in [6, 6.07) is 9.88. The van der Waals surface area contributed by atoms with Crippen LogP contribution in [0.5, 0.6) is 17.2 Å². The Labute approximate surface area is 370 Å². The molecule has 0 saturated carbocycles. The molecule has 5 rings (SSSR count). The first-order chi connectivity index (χ1) is 29.8. The molecule has 17 nitrogen and oxygen atoms in total. The number of likely N-dealkylation sites (N-methyl/N-ethyl adjacent to an activating group) is 1. The molecule has 0 fully saturated rings. The summed E-state index contributed by atoms with van der Waals surface area (Å²) in [5, 5.41) is 15.4. The molecular weight excluding hydrogens is 809 g/mol. The number of aromatic nitrogens is 4. The first-order valence-corrected chi connectivity index (χ1v) is 21.5. The summed E-state index contributed by atoms with van der Waals surface area (Å²) >= 11 is 0. The van der Waals surface area contributed by atoms with Crippen LogP contribution in [0.1, 0.15) is 90.7 Å². The predicted octanol–water partition coefficient (Wildman–Crippen LogP) is 5.63. The van der Waals surface area contributed by atoms with Crippen molar-refractivity contribution in [3.8, 4) is 17.2 Å². The Morgan fingerprint density at radius 1 is 0.937 bits per heavy atom. The summed E-state index contributed by atoms with van der Waals surface area (Å²) in [7, 11) is 6.83. The highest BCUT2D eigenvalue weighted by molar-refractivity contribution is 5.94. The van der Waals surface area contributed by atoms with Gasteiger partial charge in [-0.25, -0.2) is 4.79 Å². The van der Waals surface area contributed by atoms with E-state index in [1.807, 2.05) is 32.9 Å². The third-order valence-electron chi connectivity index (χ3n) is 11.4. The number of amides is 3.